The molecule has 116 valence electrons. The normalized spacial score (nSPS) is 29.0. The van der Waals surface area contributed by atoms with Gasteiger partial charge in [0.2, 0.25) is 5.91 Å². The topological polar surface area (TPSA) is 41.6 Å². The van der Waals surface area contributed by atoms with Crippen LogP contribution in [0, 0.1) is 0 Å². The molecule has 2 saturated heterocycles. The number of carbonyl (C=O) groups is 1. The molecule has 0 aromatic carbocycles. The van der Waals surface area contributed by atoms with Crippen molar-refractivity contribution in [2.45, 2.75) is 57.3 Å². The fourth-order valence-corrected chi connectivity index (χ4v) is 4.30. The van der Waals surface area contributed by atoms with Crippen LogP contribution in [0.3, 0.4) is 0 Å². The van der Waals surface area contributed by atoms with E-state index >= 15 is 0 Å². The summed E-state index contributed by atoms with van der Waals surface area (Å²) >= 11 is 1.68. The summed E-state index contributed by atoms with van der Waals surface area (Å²) in [4.78, 5) is 14.5. The summed E-state index contributed by atoms with van der Waals surface area (Å²) in [5.41, 5.74) is 1.15. The summed E-state index contributed by atoms with van der Waals surface area (Å²) < 4.78 is 6.06. The number of nitrogens with zero attached hydrogens (tertiary/aromatic N) is 1. The summed E-state index contributed by atoms with van der Waals surface area (Å²) in [5.74, 6) is 0.221. The van der Waals surface area contributed by atoms with Crippen molar-refractivity contribution in [3.63, 3.8) is 0 Å². The Hall–Kier alpha value is -0.910. The van der Waals surface area contributed by atoms with Gasteiger partial charge in [0.15, 0.2) is 0 Å². The highest BCUT2D eigenvalue weighted by Crippen LogP contribution is 2.37. The molecule has 0 spiro atoms. The van der Waals surface area contributed by atoms with Gasteiger partial charge in [0.25, 0.3) is 0 Å². The minimum Gasteiger partial charge on any atom is -0.375 e. The molecular formula is C16H24N2O2S. The molecule has 2 fully saturated rings. The van der Waals surface area contributed by atoms with Crippen LogP contribution in [0.25, 0.3) is 0 Å². The highest BCUT2D eigenvalue weighted by molar-refractivity contribution is 7.07. The largest absolute Gasteiger partial charge is 0.375 e. The van der Waals surface area contributed by atoms with Crippen molar-refractivity contribution in [2.75, 3.05) is 13.2 Å². The second-order valence-corrected chi connectivity index (χ2v) is 6.81. The number of nitrogens with one attached hydrogen (secondary N) is 1. The van der Waals surface area contributed by atoms with Crippen molar-refractivity contribution in [3.8, 4) is 0 Å². The van der Waals surface area contributed by atoms with E-state index in [2.05, 4.69) is 40.9 Å². The standard InChI is InChI=1S/C16H24N2O2S/c1-3-16(4-2)9-13(5-7-20-16)18-14(19)10-17-15(18)12-6-8-21-11-12/h6,8,11,13,15,17H,3-5,7,9-10H2,1-2H3. The summed E-state index contributed by atoms with van der Waals surface area (Å²) in [7, 11) is 0. The average Bonchev–Trinajstić information content (AvgIpc) is 3.16. The van der Waals surface area contributed by atoms with Gasteiger partial charge in [-0.25, -0.2) is 0 Å². The third-order valence-corrected chi connectivity index (χ3v) is 5.72. The van der Waals surface area contributed by atoms with Crippen molar-refractivity contribution in [2.24, 2.45) is 0 Å². The van der Waals surface area contributed by atoms with E-state index in [4.69, 9.17) is 4.74 Å². The van der Waals surface area contributed by atoms with E-state index in [-0.39, 0.29) is 23.7 Å². The first-order chi connectivity index (χ1) is 10.2. The van der Waals surface area contributed by atoms with Crippen LogP contribution in [0.5, 0.6) is 0 Å². The number of rotatable bonds is 4. The molecule has 1 aromatic rings. The number of hydrogen-bond donors (Lipinski definition) is 1. The lowest BCUT2D eigenvalue weighted by Gasteiger charge is -2.44. The van der Waals surface area contributed by atoms with E-state index < -0.39 is 0 Å². The Morgan fingerprint density at radius 1 is 1.48 bits per heavy atom. The van der Waals surface area contributed by atoms with Crippen LogP contribution in [-0.2, 0) is 9.53 Å². The third-order valence-electron chi connectivity index (χ3n) is 5.02. The zero-order valence-electron chi connectivity index (χ0n) is 12.8. The van der Waals surface area contributed by atoms with Crippen molar-refractivity contribution >= 4 is 17.2 Å². The molecule has 0 bridgehead atoms. The first-order valence-electron chi connectivity index (χ1n) is 7.89. The van der Waals surface area contributed by atoms with Crippen LogP contribution in [0.4, 0.5) is 0 Å². The average molecular weight is 308 g/mol. The van der Waals surface area contributed by atoms with Gasteiger partial charge < -0.3 is 9.64 Å². The van der Waals surface area contributed by atoms with Crippen molar-refractivity contribution in [1.82, 2.24) is 10.2 Å². The van der Waals surface area contributed by atoms with Gasteiger partial charge in [-0.05, 0) is 48.1 Å². The summed E-state index contributed by atoms with van der Waals surface area (Å²) in [6, 6.07) is 2.39. The molecule has 21 heavy (non-hydrogen) atoms. The van der Waals surface area contributed by atoms with Crippen LogP contribution in [-0.4, -0.2) is 35.6 Å². The number of hydrogen-bond acceptors (Lipinski definition) is 4. The molecule has 2 unspecified atom stereocenters. The van der Waals surface area contributed by atoms with Crippen molar-refractivity contribution in [3.05, 3.63) is 22.4 Å². The van der Waals surface area contributed by atoms with Crippen LogP contribution in [0.1, 0.15) is 51.3 Å². The first-order valence-corrected chi connectivity index (χ1v) is 8.84. The van der Waals surface area contributed by atoms with Crippen LogP contribution in [0.15, 0.2) is 16.8 Å². The lowest BCUT2D eigenvalue weighted by molar-refractivity contribution is -0.142. The highest BCUT2D eigenvalue weighted by Gasteiger charge is 2.43. The van der Waals surface area contributed by atoms with Crippen molar-refractivity contribution < 1.29 is 9.53 Å². The van der Waals surface area contributed by atoms with Gasteiger partial charge >= 0.3 is 0 Å². The van der Waals surface area contributed by atoms with E-state index in [0.717, 1.165) is 32.3 Å². The Balaban J connectivity index is 1.82. The number of ether oxygens (including phenoxy) is 1. The lowest BCUT2D eigenvalue weighted by atomic mass is 9.85. The Kier molecular flexibility index (Phi) is 4.33. The third kappa shape index (κ3) is 2.74. The zero-order chi connectivity index (χ0) is 14.9. The minimum atomic E-state index is -0.0506. The van der Waals surface area contributed by atoms with Crippen molar-refractivity contribution in [1.29, 1.82) is 0 Å². The quantitative estimate of drug-likeness (QED) is 0.930. The predicted molar refractivity (Wildman–Crippen MR) is 84.2 cm³/mol. The molecule has 3 heterocycles. The fraction of sp³-hybridized carbons (Fsp3) is 0.688. The van der Waals surface area contributed by atoms with Gasteiger partial charge in [0, 0.05) is 12.6 Å². The minimum absolute atomic E-state index is 0.0401. The van der Waals surface area contributed by atoms with Gasteiger partial charge in [-0.1, -0.05) is 13.8 Å². The molecule has 2 atom stereocenters. The Morgan fingerprint density at radius 2 is 2.29 bits per heavy atom. The monoisotopic (exact) mass is 308 g/mol. The van der Waals surface area contributed by atoms with Gasteiger partial charge in [-0.2, -0.15) is 11.3 Å². The first kappa shape index (κ1) is 15.0. The van der Waals surface area contributed by atoms with E-state index in [0.29, 0.717) is 6.54 Å². The molecule has 2 aliphatic heterocycles. The Bertz CT molecular complexity index is 484. The van der Waals surface area contributed by atoms with Crippen LogP contribution >= 0.6 is 11.3 Å². The number of thiophene rings is 1. The molecule has 1 aromatic heterocycles. The smallest absolute Gasteiger partial charge is 0.238 e. The maximum Gasteiger partial charge on any atom is 0.238 e. The summed E-state index contributed by atoms with van der Waals surface area (Å²) in [5, 5.41) is 7.57. The Morgan fingerprint density at radius 3 is 2.95 bits per heavy atom. The summed E-state index contributed by atoms with van der Waals surface area (Å²) in [6.45, 7) is 5.58. The zero-order valence-corrected chi connectivity index (χ0v) is 13.6. The molecule has 5 heteroatoms. The molecule has 2 aliphatic rings. The van der Waals surface area contributed by atoms with E-state index in [9.17, 15) is 4.79 Å². The number of carbonyl (C=O) groups excluding carboxylic acids is 1. The molecule has 3 rings (SSSR count). The van der Waals surface area contributed by atoms with E-state index in [1.165, 1.54) is 5.56 Å². The molecule has 1 N–H and O–H groups in total. The maximum absolute atomic E-state index is 12.4. The second-order valence-electron chi connectivity index (χ2n) is 6.03. The molecule has 0 saturated carbocycles. The SMILES string of the molecule is CCC1(CC)CC(N2C(=O)CNC2c2ccsc2)CCO1. The summed E-state index contributed by atoms with van der Waals surface area (Å²) in [6.07, 6.45) is 3.96. The van der Waals surface area contributed by atoms with Gasteiger partial charge in [-0.15, -0.1) is 0 Å². The Labute approximate surface area is 130 Å². The number of amides is 1. The van der Waals surface area contributed by atoms with Crippen LogP contribution in [0.2, 0.25) is 0 Å². The molecule has 1 amide bonds. The predicted octanol–water partition coefficient (Wildman–Crippen LogP) is 2.92. The van der Waals surface area contributed by atoms with Crippen LogP contribution < -0.4 is 5.32 Å². The van der Waals surface area contributed by atoms with E-state index in [1.54, 1.807) is 11.3 Å². The molecular weight excluding hydrogens is 284 g/mol. The van der Waals surface area contributed by atoms with Gasteiger partial charge in [0.1, 0.15) is 6.17 Å². The highest BCUT2D eigenvalue weighted by atomic mass is 32.1. The lowest BCUT2D eigenvalue weighted by Crippen LogP contribution is -2.49. The maximum atomic E-state index is 12.4. The fourth-order valence-electron chi connectivity index (χ4n) is 3.62. The van der Waals surface area contributed by atoms with Gasteiger partial charge in [-0.3, -0.25) is 10.1 Å². The molecule has 0 radical (unpaired) electrons. The second kappa shape index (κ2) is 6.07. The van der Waals surface area contributed by atoms with Gasteiger partial charge in [0.05, 0.1) is 12.1 Å². The molecule has 4 nitrogen and oxygen atoms in total. The molecule has 0 aliphatic carbocycles. The van der Waals surface area contributed by atoms with E-state index in [1.807, 2.05) is 0 Å².